The monoisotopic (exact) mass is 199 g/mol. The van der Waals surface area contributed by atoms with Crippen LogP contribution < -0.4 is 0 Å². The molecule has 0 radical (unpaired) electrons. The summed E-state index contributed by atoms with van der Waals surface area (Å²) in [5.74, 6) is -2.12. The molecule has 0 bridgehead atoms. The molecule has 5 heteroatoms. The van der Waals surface area contributed by atoms with Gasteiger partial charge in [0.1, 0.15) is 6.04 Å². The van der Waals surface area contributed by atoms with Crippen molar-refractivity contribution < 1.29 is 19.8 Å². The van der Waals surface area contributed by atoms with Crippen LogP contribution in [0.2, 0.25) is 0 Å². The second-order valence-electron chi connectivity index (χ2n) is 2.60. The van der Waals surface area contributed by atoms with Crippen molar-refractivity contribution in [2.75, 3.05) is 0 Å². The van der Waals surface area contributed by atoms with E-state index in [0.29, 0.717) is 0 Å². The molecule has 0 amide bonds. The summed E-state index contributed by atoms with van der Waals surface area (Å²) < 4.78 is 0. The van der Waals surface area contributed by atoms with E-state index in [4.69, 9.17) is 10.2 Å². The minimum absolute atomic E-state index is 0.0166. The lowest BCUT2D eigenvalue weighted by Gasteiger charge is -2.22. The van der Waals surface area contributed by atoms with Gasteiger partial charge in [-0.05, 0) is 18.8 Å². The van der Waals surface area contributed by atoms with Crippen LogP contribution in [0.1, 0.15) is 12.8 Å². The van der Waals surface area contributed by atoms with Gasteiger partial charge in [-0.2, -0.15) is 0 Å². The van der Waals surface area contributed by atoms with Crippen LogP contribution in [0.3, 0.4) is 0 Å². The highest BCUT2D eigenvalue weighted by Crippen LogP contribution is 2.08. The summed E-state index contributed by atoms with van der Waals surface area (Å²) >= 11 is 0. The van der Waals surface area contributed by atoms with Crippen LogP contribution in [-0.4, -0.2) is 33.1 Å². The second kappa shape index (κ2) is 5.80. The van der Waals surface area contributed by atoms with E-state index in [-0.39, 0.29) is 12.8 Å². The molecule has 0 aliphatic heterocycles. The quantitative estimate of drug-likeness (QED) is 0.636. The minimum atomic E-state index is -1.09. The summed E-state index contributed by atoms with van der Waals surface area (Å²) in [6.45, 7) is 6.81. The number of hydrogen-bond donors (Lipinski definition) is 2. The van der Waals surface area contributed by atoms with Crippen molar-refractivity contribution in [3.63, 3.8) is 0 Å². The standard InChI is InChI=1S/C9H13NO4/c1-3-10(4-2)7(9(13)14)5-6-8(11)12/h3-4,7H,1-2,5-6H2,(H,11,12)(H,13,14)/t7-/m0/s1. The zero-order chi connectivity index (χ0) is 11.1. The Hall–Kier alpha value is -1.78. The van der Waals surface area contributed by atoms with Crippen molar-refractivity contribution in [1.29, 1.82) is 0 Å². The molecule has 0 fully saturated rings. The Morgan fingerprint density at radius 1 is 1.29 bits per heavy atom. The molecule has 0 aromatic carbocycles. The number of rotatable bonds is 7. The Labute approximate surface area is 82.0 Å². The summed E-state index contributed by atoms with van der Waals surface area (Å²) in [6, 6.07) is -0.916. The highest BCUT2D eigenvalue weighted by molar-refractivity contribution is 5.75. The predicted octanol–water partition coefficient (Wildman–Crippen LogP) is 0.893. The van der Waals surface area contributed by atoms with Gasteiger partial charge in [0.15, 0.2) is 0 Å². The molecule has 14 heavy (non-hydrogen) atoms. The molecule has 0 aromatic heterocycles. The third-order valence-corrected chi connectivity index (χ3v) is 1.70. The lowest BCUT2D eigenvalue weighted by Crippen LogP contribution is -2.34. The van der Waals surface area contributed by atoms with Crippen molar-refractivity contribution >= 4 is 11.9 Å². The van der Waals surface area contributed by atoms with E-state index in [0.717, 1.165) is 0 Å². The Balaban J connectivity index is 4.41. The first-order valence-corrected chi connectivity index (χ1v) is 4.00. The zero-order valence-electron chi connectivity index (χ0n) is 7.72. The highest BCUT2D eigenvalue weighted by atomic mass is 16.4. The van der Waals surface area contributed by atoms with Crippen molar-refractivity contribution in [1.82, 2.24) is 4.90 Å². The van der Waals surface area contributed by atoms with Crippen molar-refractivity contribution in [2.45, 2.75) is 18.9 Å². The lowest BCUT2D eigenvalue weighted by molar-refractivity contribution is -0.142. The number of carboxylic acids is 2. The molecule has 0 aliphatic rings. The summed E-state index contributed by atoms with van der Waals surface area (Å²) in [7, 11) is 0. The van der Waals surface area contributed by atoms with Gasteiger partial charge in [-0.25, -0.2) is 4.79 Å². The van der Waals surface area contributed by atoms with Crippen LogP contribution in [0.5, 0.6) is 0 Å². The summed E-state index contributed by atoms with van der Waals surface area (Å²) in [5.41, 5.74) is 0. The Bertz CT molecular complexity index is 241. The van der Waals surface area contributed by atoms with Gasteiger partial charge in [-0.3, -0.25) is 4.79 Å². The normalized spacial score (nSPS) is 11.4. The van der Waals surface area contributed by atoms with E-state index >= 15 is 0 Å². The maximum absolute atomic E-state index is 10.7. The Morgan fingerprint density at radius 2 is 1.79 bits per heavy atom. The lowest BCUT2D eigenvalue weighted by atomic mass is 10.1. The molecular formula is C9H13NO4. The fourth-order valence-corrected chi connectivity index (χ4v) is 0.989. The Morgan fingerprint density at radius 3 is 2.07 bits per heavy atom. The minimum Gasteiger partial charge on any atom is -0.481 e. The summed E-state index contributed by atoms with van der Waals surface area (Å²) in [6.07, 6.45) is 2.42. The average Bonchev–Trinajstić information content (AvgIpc) is 2.11. The first kappa shape index (κ1) is 12.2. The largest absolute Gasteiger partial charge is 0.481 e. The van der Waals surface area contributed by atoms with Gasteiger partial charge in [0.2, 0.25) is 0 Å². The fourth-order valence-electron chi connectivity index (χ4n) is 0.989. The predicted molar refractivity (Wildman–Crippen MR) is 50.5 cm³/mol. The maximum atomic E-state index is 10.7. The molecule has 0 saturated carbocycles. The van der Waals surface area contributed by atoms with Crippen LogP contribution in [0.25, 0.3) is 0 Å². The average molecular weight is 199 g/mol. The molecule has 0 unspecified atom stereocenters. The van der Waals surface area contributed by atoms with Crippen molar-refractivity contribution in [3.8, 4) is 0 Å². The highest BCUT2D eigenvalue weighted by Gasteiger charge is 2.21. The third kappa shape index (κ3) is 3.75. The molecule has 5 nitrogen and oxygen atoms in total. The molecule has 1 atom stereocenters. The Kier molecular flexibility index (Phi) is 5.06. The molecule has 0 spiro atoms. The van der Waals surface area contributed by atoms with E-state index in [1.54, 1.807) is 0 Å². The van der Waals surface area contributed by atoms with E-state index in [1.807, 2.05) is 0 Å². The topological polar surface area (TPSA) is 77.8 Å². The van der Waals surface area contributed by atoms with E-state index in [9.17, 15) is 9.59 Å². The summed E-state index contributed by atoms with van der Waals surface area (Å²) in [4.78, 5) is 22.3. The van der Waals surface area contributed by atoms with E-state index < -0.39 is 18.0 Å². The van der Waals surface area contributed by atoms with Crippen molar-refractivity contribution in [3.05, 3.63) is 25.6 Å². The molecule has 0 heterocycles. The molecular weight excluding hydrogens is 186 g/mol. The first-order valence-electron chi connectivity index (χ1n) is 4.00. The van der Waals surface area contributed by atoms with Crippen molar-refractivity contribution in [2.24, 2.45) is 0 Å². The molecule has 0 rings (SSSR count). The number of nitrogens with zero attached hydrogens (tertiary/aromatic N) is 1. The molecule has 0 aliphatic carbocycles. The number of aliphatic carboxylic acids is 2. The zero-order valence-corrected chi connectivity index (χ0v) is 7.72. The van der Waals surface area contributed by atoms with Gasteiger partial charge in [-0.1, -0.05) is 13.2 Å². The van der Waals surface area contributed by atoms with Gasteiger partial charge in [0, 0.05) is 6.42 Å². The third-order valence-electron chi connectivity index (χ3n) is 1.70. The second-order valence-corrected chi connectivity index (χ2v) is 2.60. The molecule has 2 N–H and O–H groups in total. The van der Waals surface area contributed by atoms with Gasteiger partial charge < -0.3 is 15.1 Å². The number of carboxylic acid groups (broad SMARTS) is 2. The van der Waals surface area contributed by atoms with Crippen LogP contribution in [0, 0.1) is 0 Å². The smallest absolute Gasteiger partial charge is 0.326 e. The summed E-state index contributed by atoms with van der Waals surface area (Å²) in [5, 5.41) is 17.2. The first-order chi connectivity index (χ1) is 6.52. The van der Waals surface area contributed by atoms with Crippen LogP contribution in [-0.2, 0) is 9.59 Å². The van der Waals surface area contributed by atoms with Gasteiger partial charge in [0.25, 0.3) is 0 Å². The van der Waals surface area contributed by atoms with E-state index in [1.165, 1.54) is 17.3 Å². The van der Waals surface area contributed by atoms with Gasteiger partial charge in [-0.15, -0.1) is 0 Å². The van der Waals surface area contributed by atoms with Crippen LogP contribution in [0.15, 0.2) is 25.6 Å². The number of carbonyl (C=O) groups is 2. The number of hydrogen-bond acceptors (Lipinski definition) is 3. The molecule has 0 saturated heterocycles. The SMILES string of the molecule is C=CN(C=C)[C@@H](CCC(=O)O)C(=O)O. The molecule has 0 aromatic rings. The van der Waals surface area contributed by atoms with Gasteiger partial charge >= 0.3 is 11.9 Å². The van der Waals surface area contributed by atoms with Crippen LogP contribution in [0.4, 0.5) is 0 Å². The van der Waals surface area contributed by atoms with E-state index in [2.05, 4.69) is 13.2 Å². The fraction of sp³-hybridized carbons (Fsp3) is 0.333. The maximum Gasteiger partial charge on any atom is 0.326 e. The molecule has 78 valence electrons. The van der Waals surface area contributed by atoms with Gasteiger partial charge in [0.05, 0.1) is 0 Å². The van der Waals surface area contributed by atoms with Crippen LogP contribution >= 0.6 is 0 Å².